The van der Waals surface area contributed by atoms with Crippen molar-refractivity contribution in [2.24, 2.45) is 0 Å². The van der Waals surface area contributed by atoms with Crippen LogP contribution < -0.4 is 0 Å². The Kier molecular flexibility index (Phi) is 7.59. The van der Waals surface area contributed by atoms with Crippen molar-refractivity contribution in [1.82, 2.24) is 0 Å². The van der Waals surface area contributed by atoms with Crippen molar-refractivity contribution in [3.63, 3.8) is 0 Å². The second kappa shape index (κ2) is 9.67. The second-order valence-corrected chi connectivity index (χ2v) is 5.03. The lowest BCUT2D eigenvalue weighted by molar-refractivity contribution is -0.140. The smallest absolute Gasteiger partial charge is 0.335 e. The quantitative estimate of drug-likeness (QED) is 0.638. The maximum absolute atomic E-state index is 11.0. The van der Waals surface area contributed by atoms with Gasteiger partial charge in [0.25, 0.3) is 0 Å². The number of rotatable bonds is 5. The summed E-state index contributed by atoms with van der Waals surface area (Å²) in [5, 5.41) is 17.0. The van der Waals surface area contributed by atoms with Crippen LogP contribution in [-0.2, 0) is 16.1 Å². The topological polar surface area (TPSA) is 101 Å². The van der Waals surface area contributed by atoms with Crippen LogP contribution in [0.25, 0.3) is 0 Å². The van der Waals surface area contributed by atoms with E-state index in [1.54, 1.807) is 6.92 Å². The van der Waals surface area contributed by atoms with Crippen LogP contribution in [0.2, 0.25) is 0 Å². The predicted octanol–water partition coefficient (Wildman–Crippen LogP) is 3.39. The Bertz CT molecular complexity index is 735. The molecule has 0 bridgehead atoms. The number of ether oxygens (including phenoxy) is 1. The predicted molar refractivity (Wildman–Crippen MR) is 91.4 cm³/mol. The zero-order valence-corrected chi connectivity index (χ0v) is 13.6. The molecule has 0 aliphatic carbocycles. The number of carboxylic acids is 2. The summed E-state index contributed by atoms with van der Waals surface area (Å²) in [6.07, 6.45) is 0. The number of carboxylic acid groups (broad SMARTS) is 2. The second-order valence-electron chi connectivity index (χ2n) is 5.03. The highest BCUT2D eigenvalue weighted by Crippen LogP contribution is 2.05. The van der Waals surface area contributed by atoms with Crippen molar-refractivity contribution in [3.8, 4) is 0 Å². The number of carbonyl (C=O) groups is 3. The van der Waals surface area contributed by atoms with Crippen LogP contribution >= 0.6 is 0 Å². The Balaban J connectivity index is 0.000000251. The Labute approximate surface area is 145 Å². The molecule has 2 rings (SSSR count). The molecule has 0 unspecified atom stereocenters. The van der Waals surface area contributed by atoms with Crippen molar-refractivity contribution in [3.05, 3.63) is 83.4 Å². The van der Waals surface area contributed by atoms with E-state index in [1.807, 2.05) is 30.3 Å². The minimum Gasteiger partial charge on any atom is -0.478 e. The van der Waals surface area contributed by atoms with Gasteiger partial charge in [0.1, 0.15) is 6.61 Å². The lowest BCUT2D eigenvalue weighted by Crippen LogP contribution is -2.04. The average Bonchev–Trinajstić information content (AvgIpc) is 2.61. The third-order valence-electron chi connectivity index (χ3n) is 2.92. The summed E-state index contributed by atoms with van der Waals surface area (Å²) in [5.74, 6) is -2.60. The monoisotopic (exact) mass is 342 g/mol. The molecule has 0 aliphatic rings. The Hall–Kier alpha value is -3.41. The molecule has 0 aromatic heterocycles. The summed E-state index contributed by atoms with van der Waals surface area (Å²) in [4.78, 5) is 31.8. The molecule has 0 atom stereocenters. The minimum absolute atomic E-state index is 0.0186. The van der Waals surface area contributed by atoms with Gasteiger partial charge in [0.2, 0.25) is 0 Å². The first-order chi connectivity index (χ1) is 11.8. The van der Waals surface area contributed by atoms with E-state index in [-0.39, 0.29) is 17.1 Å². The summed E-state index contributed by atoms with van der Waals surface area (Å²) >= 11 is 0. The van der Waals surface area contributed by atoms with Crippen LogP contribution in [0.3, 0.4) is 0 Å². The van der Waals surface area contributed by atoms with Gasteiger partial charge in [0, 0.05) is 5.57 Å². The highest BCUT2D eigenvalue weighted by Gasteiger charge is 2.06. The summed E-state index contributed by atoms with van der Waals surface area (Å²) < 4.78 is 4.95. The van der Waals surface area contributed by atoms with Gasteiger partial charge in [-0.15, -0.1) is 0 Å². The van der Waals surface area contributed by atoms with Crippen molar-refractivity contribution in [2.45, 2.75) is 13.5 Å². The fraction of sp³-hybridized carbons (Fsp3) is 0.105. The average molecular weight is 342 g/mol. The minimum atomic E-state index is -1.13. The third kappa shape index (κ3) is 7.13. The van der Waals surface area contributed by atoms with E-state index in [9.17, 15) is 14.4 Å². The van der Waals surface area contributed by atoms with Gasteiger partial charge in [-0.1, -0.05) is 43.0 Å². The van der Waals surface area contributed by atoms with Crippen LogP contribution in [0.4, 0.5) is 0 Å². The Morgan fingerprint density at radius 1 is 0.920 bits per heavy atom. The van der Waals surface area contributed by atoms with Crippen molar-refractivity contribution in [2.75, 3.05) is 0 Å². The largest absolute Gasteiger partial charge is 0.478 e. The van der Waals surface area contributed by atoms with E-state index in [4.69, 9.17) is 14.9 Å². The molecule has 0 amide bonds. The van der Waals surface area contributed by atoms with E-state index in [1.165, 1.54) is 18.2 Å². The lowest BCUT2D eigenvalue weighted by atomic mass is 10.1. The molecular weight excluding hydrogens is 324 g/mol. The number of hydrogen-bond acceptors (Lipinski definition) is 4. The van der Waals surface area contributed by atoms with E-state index >= 15 is 0 Å². The molecule has 0 aliphatic heterocycles. The molecule has 6 heteroatoms. The van der Waals surface area contributed by atoms with E-state index < -0.39 is 11.9 Å². The summed E-state index contributed by atoms with van der Waals surface area (Å²) in [6, 6.07) is 14.7. The van der Waals surface area contributed by atoms with Gasteiger partial charge in [-0.2, -0.15) is 0 Å². The molecule has 2 N–H and O–H groups in total. The first-order valence-electron chi connectivity index (χ1n) is 7.24. The zero-order valence-electron chi connectivity index (χ0n) is 13.6. The fourth-order valence-electron chi connectivity index (χ4n) is 1.63. The number of hydrogen-bond donors (Lipinski definition) is 2. The first kappa shape index (κ1) is 19.6. The molecule has 0 radical (unpaired) electrons. The van der Waals surface area contributed by atoms with E-state index in [0.29, 0.717) is 12.2 Å². The van der Waals surface area contributed by atoms with Crippen molar-refractivity contribution in [1.29, 1.82) is 0 Å². The van der Waals surface area contributed by atoms with Gasteiger partial charge >= 0.3 is 17.9 Å². The summed E-state index contributed by atoms with van der Waals surface area (Å²) in [7, 11) is 0. The molecule has 6 nitrogen and oxygen atoms in total. The first-order valence-corrected chi connectivity index (χ1v) is 7.24. The van der Waals surface area contributed by atoms with Crippen LogP contribution in [0.1, 0.15) is 33.2 Å². The van der Waals surface area contributed by atoms with Gasteiger partial charge in [0.05, 0.1) is 11.1 Å². The normalized spacial score (nSPS) is 9.32. The van der Waals surface area contributed by atoms with Gasteiger partial charge < -0.3 is 14.9 Å². The number of carbonyl (C=O) groups excluding carboxylic acids is 1. The molecule has 0 saturated heterocycles. The van der Waals surface area contributed by atoms with Crippen LogP contribution in [-0.4, -0.2) is 28.1 Å². The van der Waals surface area contributed by atoms with Crippen LogP contribution in [0.15, 0.2) is 66.7 Å². The highest BCUT2D eigenvalue weighted by molar-refractivity contribution is 5.93. The number of esters is 1. The van der Waals surface area contributed by atoms with Gasteiger partial charge in [0.15, 0.2) is 0 Å². The van der Waals surface area contributed by atoms with E-state index in [0.717, 1.165) is 11.6 Å². The summed E-state index contributed by atoms with van der Waals surface area (Å²) in [5.41, 5.74) is 1.37. The molecule has 0 heterocycles. The van der Waals surface area contributed by atoms with Crippen molar-refractivity contribution >= 4 is 17.9 Å². The van der Waals surface area contributed by atoms with Gasteiger partial charge in [-0.05, 0) is 30.7 Å². The van der Waals surface area contributed by atoms with Gasteiger partial charge in [-0.25, -0.2) is 14.4 Å². The molecule has 2 aromatic rings. The van der Waals surface area contributed by atoms with Crippen LogP contribution in [0, 0.1) is 0 Å². The Morgan fingerprint density at radius 3 is 1.88 bits per heavy atom. The van der Waals surface area contributed by atoms with Crippen LogP contribution in [0.5, 0.6) is 0 Å². The Morgan fingerprint density at radius 2 is 1.44 bits per heavy atom. The summed E-state index contributed by atoms with van der Waals surface area (Å²) in [6.45, 7) is 5.44. The molecule has 2 aromatic carbocycles. The molecule has 0 saturated carbocycles. The maximum Gasteiger partial charge on any atom is 0.335 e. The van der Waals surface area contributed by atoms with Crippen molar-refractivity contribution < 1.29 is 29.3 Å². The molecule has 25 heavy (non-hydrogen) atoms. The molecule has 130 valence electrons. The number of aromatic carboxylic acids is 2. The third-order valence-corrected chi connectivity index (χ3v) is 2.92. The SMILES string of the molecule is C=C(C)C(=O)OCc1ccccc1.O=C(O)c1cccc(C(=O)O)c1. The lowest BCUT2D eigenvalue weighted by Gasteiger charge is -2.03. The maximum atomic E-state index is 11.0. The number of benzene rings is 2. The van der Waals surface area contributed by atoms with E-state index in [2.05, 4.69) is 6.58 Å². The fourth-order valence-corrected chi connectivity index (χ4v) is 1.63. The highest BCUT2D eigenvalue weighted by atomic mass is 16.5. The molecule has 0 spiro atoms. The molecular formula is C19H18O6. The standard InChI is InChI=1S/C11H12O2.C8H6O4/c1-9(2)11(12)13-8-10-6-4-3-5-7-10;9-7(10)5-2-1-3-6(4-5)8(11)12/h3-7H,1,8H2,2H3;1-4H,(H,9,10)(H,11,12). The molecule has 0 fully saturated rings. The van der Waals surface area contributed by atoms with Gasteiger partial charge in [-0.3, -0.25) is 0 Å². The zero-order chi connectivity index (χ0) is 18.8.